The molecule has 0 N–H and O–H groups in total. The minimum absolute atomic E-state index is 0.0324. The molecule has 0 amide bonds. The maximum atomic E-state index is 12.1. The predicted octanol–water partition coefficient (Wildman–Crippen LogP) is 4.79. The molecule has 114 valence electrons. The second kappa shape index (κ2) is 6.89. The van der Waals surface area contributed by atoms with Crippen LogP contribution in [0.1, 0.15) is 22.8 Å². The van der Waals surface area contributed by atoms with Crippen LogP contribution >= 0.6 is 27.5 Å². The summed E-state index contributed by atoms with van der Waals surface area (Å²) >= 11 is 9.05. The summed E-state index contributed by atoms with van der Waals surface area (Å²) in [5.74, 6) is -0.343. The highest BCUT2D eigenvalue weighted by Gasteiger charge is 2.18. The van der Waals surface area contributed by atoms with E-state index in [1.807, 2.05) is 19.1 Å². The van der Waals surface area contributed by atoms with Gasteiger partial charge in [-0.15, -0.1) is 0 Å². The van der Waals surface area contributed by atoms with Gasteiger partial charge in [0.05, 0.1) is 15.0 Å². The van der Waals surface area contributed by atoms with Crippen LogP contribution in [0.5, 0.6) is 5.75 Å². The molecule has 22 heavy (non-hydrogen) atoms. The van der Waals surface area contributed by atoms with E-state index in [4.69, 9.17) is 16.3 Å². The van der Waals surface area contributed by atoms with Crippen molar-refractivity contribution in [3.63, 3.8) is 0 Å². The summed E-state index contributed by atoms with van der Waals surface area (Å²) in [6.45, 7) is 2.01. The smallest absolute Gasteiger partial charge is 0.343 e. The first-order valence-electron chi connectivity index (χ1n) is 6.37. The fourth-order valence-electron chi connectivity index (χ4n) is 1.79. The summed E-state index contributed by atoms with van der Waals surface area (Å²) in [6.07, 6.45) is 0.857. The Morgan fingerprint density at radius 2 is 2.05 bits per heavy atom. The third-order valence-electron chi connectivity index (χ3n) is 2.99. The van der Waals surface area contributed by atoms with Crippen LogP contribution in [-0.2, 0) is 6.42 Å². The molecule has 0 radical (unpaired) electrons. The van der Waals surface area contributed by atoms with Crippen LogP contribution in [0.2, 0.25) is 5.02 Å². The highest BCUT2D eigenvalue weighted by molar-refractivity contribution is 9.10. The number of nitrogens with zero attached hydrogens (tertiary/aromatic N) is 1. The monoisotopic (exact) mass is 383 g/mol. The van der Waals surface area contributed by atoms with Crippen LogP contribution in [-0.4, -0.2) is 10.9 Å². The number of carbonyl (C=O) groups is 1. The van der Waals surface area contributed by atoms with Crippen molar-refractivity contribution in [1.29, 1.82) is 0 Å². The maximum Gasteiger partial charge on any atom is 0.343 e. The molecule has 0 aliphatic heterocycles. The lowest BCUT2D eigenvalue weighted by atomic mass is 10.1. The molecular weight excluding hydrogens is 374 g/mol. The lowest BCUT2D eigenvalue weighted by Gasteiger charge is -2.08. The van der Waals surface area contributed by atoms with E-state index in [-0.39, 0.29) is 16.3 Å². The molecule has 5 nitrogen and oxygen atoms in total. The number of halogens is 2. The largest absolute Gasteiger partial charge is 0.422 e. The number of nitro benzene ring substituents is 1. The van der Waals surface area contributed by atoms with Crippen molar-refractivity contribution in [3.8, 4) is 5.75 Å². The van der Waals surface area contributed by atoms with E-state index < -0.39 is 10.9 Å². The van der Waals surface area contributed by atoms with Crippen LogP contribution in [0.4, 0.5) is 5.69 Å². The highest BCUT2D eigenvalue weighted by Crippen LogP contribution is 2.29. The number of rotatable bonds is 4. The van der Waals surface area contributed by atoms with Gasteiger partial charge in [0.15, 0.2) is 0 Å². The number of hydrogen-bond acceptors (Lipinski definition) is 4. The predicted molar refractivity (Wildman–Crippen MR) is 86.6 cm³/mol. The number of benzene rings is 2. The van der Waals surface area contributed by atoms with Gasteiger partial charge in [-0.1, -0.05) is 24.6 Å². The Morgan fingerprint density at radius 1 is 1.32 bits per heavy atom. The van der Waals surface area contributed by atoms with E-state index in [1.54, 1.807) is 6.07 Å². The summed E-state index contributed by atoms with van der Waals surface area (Å²) in [4.78, 5) is 22.3. The minimum atomic E-state index is -0.690. The molecule has 0 aromatic heterocycles. The Bertz CT molecular complexity index is 748. The Hall–Kier alpha value is -1.92. The van der Waals surface area contributed by atoms with Gasteiger partial charge in [-0.2, -0.15) is 0 Å². The van der Waals surface area contributed by atoms with Crippen LogP contribution in [0.25, 0.3) is 0 Å². The van der Waals surface area contributed by atoms with Crippen molar-refractivity contribution in [1.82, 2.24) is 0 Å². The van der Waals surface area contributed by atoms with Gasteiger partial charge in [-0.05, 0) is 52.2 Å². The Morgan fingerprint density at radius 3 is 2.64 bits per heavy atom. The molecule has 2 rings (SSSR count). The van der Waals surface area contributed by atoms with Gasteiger partial charge in [0, 0.05) is 6.07 Å². The third-order valence-corrected chi connectivity index (χ3v) is 3.93. The molecule has 0 fully saturated rings. The second-order valence-corrected chi connectivity index (χ2v) is 5.69. The zero-order valence-electron chi connectivity index (χ0n) is 11.5. The molecule has 0 unspecified atom stereocenters. The topological polar surface area (TPSA) is 69.4 Å². The zero-order valence-corrected chi connectivity index (χ0v) is 13.8. The fourth-order valence-corrected chi connectivity index (χ4v) is 2.48. The molecule has 0 aliphatic rings. The minimum Gasteiger partial charge on any atom is -0.422 e. The fraction of sp³-hybridized carbons (Fsp3) is 0.133. The maximum absolute atomic E-state index is 12.1. The molecule has 0 atom stereocenters. The van der Waals surface area contributed by atoms with Crippen molar-refractivity contribution in [2.45, 2.75) is 13.3 Å². The summed E-state index contributed by atoms with van der Waals surface area (Å²) in [6, 6.07) is 9.15. The summed E-state index contributed by atoms with van der Waals surface area (Å²) in [7, 11) is 0. The Balaban J connectivity index is 2.26. The normalized spacial score (nSPS) is 10.3. The van der Waals surface area contributed by atoms with E-state index >= 15 is 0 Å². The lowest BCUT2D eigenvalue weighted by Crippen LogP contribution is -2.09. The molecule has 2 aromatic carbocycles. The number of nitro groups is 1. The number of esters is 1. The van der Waals surface area contributed by atoms with Gasteiger partial charge in [0.25, 0.3) is 5.69 Å². The first-order chi connectivity index (χ1) is 10.4. The van der Waals surface area contributed by atoms with Gasteiger partial charge in [-0.3, -0.25) is 10.1 Å². The number of ether oxygens (including phenoxy) is 1. The quantitative estimate of drug-likeness (QED) is 0.329. The van der Waals surface area contributed by atoms with Gasteiger partial charge in [0.2, 0.25) is 0 Å². The van der Waals surface area contributed by atoms with Crippen molar-refractivity contribution >= 4 is 39.2 Å². The molecule has 7 heteroatoms. The number of carbonyl (C=O) groups excluding carboxylic acids is 1. The van der Waals surface area contributed by atoms with Crippen LogP contribution < -0.4 is 4.74 Å². The summed E-state index contributed by atoms with van der Waals surface area (Å²) in [5.41, 5.74) is 0.813. The van der Waals surface area contributed by atoms with Gasteiger partial charge in [-0.25, -0.2) is 4.79 Å². The van der Waals surface area contributed by atoms with E-state index in [9.17, 15) is 14.9 Å². The summed E-state index contributed by atoms with van der Waals surface area (Å²) < 4.78 is 5.90. The van der Waals surface area contributed by atoms with E-state index in [0.29, 0.717) is 10.2 Å². The van der Waals surface area contributed by atoms with Crippen molar-refractivity contribution in [2.75, 3.05) is 0 Å². The first kappa shape index (κ1) is 16.5. The van der Waals surface area contributed by atoms with Crippen molar-refractivity contribution in [3.05, 3.63) is 67.1 Å². The molecule has 0 aliphatic carbocycles. The third kappa shape index (κ3) is 3.64. The van der Waals surface area contributed by atoms with E-state index in [1.165, 1.54) is 12.1 Å². The highest BCUT2D eigenvalue weighted by atomic mass is 79.9. The molecule has 0 heterocycles. The number of hydrogen-bond donors (Lipinski definition) is 0. The van der Waals surface area contributed by atoms with Gasteiger partial charge >= 0.3 is 5.97 Å². The average molecular weight is 385 g/mol. The second-order valence-electron chi connectivity index (χ2n) is 4.43. The first-order valence-corrected chi connectivity index (χ1v) is 7.54. The van der Waals surface area contributed by atoms with Crippen molar-refractivity contribution < 1.29 is 14.5 Å². The lowest BCUT2D eigenvalue weighted by molar-refractivity contribution is -0.384. The standard InChI is InChI=1S/C15H11BrClNO4/c1-2-9-3-6-14(11(16)7-9)22-15(19)10-4-5-12(17)13(8-10)18(20)21/h3-8H,2H2,1H3. The molecule has 2 aromatic rings. The van der Waals surface area contributed by atoms with Gasteiger partial charge in [0.1, 0.15) is 10.8 Å². The van der Waals surface area contributed by atoms with Crippen LogP contribution in [0, 0.1) is 10.1 Å². The summed E-state index contributed by atoms with van der Waals surface area (Å²) in [5, 5.41) is 10.8. The SMILES string of the molecule is CCc1ccc(OC(=O)c2ccc(Cl)c([N+](=O)[O-])c2)c(Br)c1. The van der Waals surface area contributed by atoms with Gasteiger partial charge < -0.3 is 4.74 Å². The average Bonchev–Trinajstić information content (AvgIpc) is 2.49. The Kier molecular flexibility index (Phi) is 5.15. The number of aryl methyl sites for hydroxylation is 1. The molecule has 0 saturated heterocycles. The molecular formula is C15H11BrClNO4. The molecule has 0 saturated carbocycles. The van der Waals surface area contributed by atoms with Crippen LogP contribution in [0.3, 0.4) is 0 Å². The Labute approximate surface area is 140 Å². The zero-order chi connectivity index (χ0) is 16.3. The molecule has 0 bridgehead atoms. The van der Waals surface area contributed by atoms with E-state index in [0.717, 1.165) is 18.1 Å². The van der Waals surface area contributed by atoms with Crippen molar-refractivity contribution in [2.24, 2.45) is 0 Å². The van der Waals surface area contributed by atoms with E-state index in [2.05, 4.69) is 15.9 Å². The molecule has 0 spiro atoms. The van der Waals surface area contributed by atoms with Crippen LogP contribution in [0.15, 0.2) is 40.9 Å².